The summed E-state index contributed by atoms with van der Waals surface area (Å²) in [6, 6.07) is 19.5. The number of hydroxylamine groups is 2. The number of carbonyl (C=O) groups is 3. The molecule has 1 fully saturated rings. The molecule has 2 amide bonds. The van der Waals surface area contributed by atoms with Gasteiger partial charge in [-0.3, -0.25) is 4.79 Å². The molecule has 0 spiro atoms. The van der Waals surface area contributed by atoms with Crippen molar-refractivity contribution in [1.82, 2.24) is 15.7 Å². The van der Waals surface area contributed by atoms with Crippen molar-refractivity contribution < 1.29 is 28.7 Å². The van der Waals surface area contributed by atoms with E-state index in [1.165, 1.54) is 17.8 Å². The van der Waals surface area contributed by atoms with Crippen LogP contribution in [0.4, 0.5) is 9.59 Å². The molecule has 1 aliphatic rings. The van der Waals surface area contributed by atoms with E-state index >= 15 is 0 Å². The number of fused-ring (bicyclic) bond motifs is 1. The van der Waals surface area contributed by atoms with Crippen LogP contribution in [0.2, 0.25) is 0 Å². The van der Waals surface area contributed by atoms with Crippen LogP contribution in [0.5, 0.6) is 17.2 Å². The molecule has 2 N–H and O–H groups in total. The molecule has 3 aromatic carbocycles. The minimum Gasteiger partial charge on any atom is -0.410 e. The largest absolute Gasteiger partial charge is 0.412 e. The van der Waals surface area contributed by atoms with E-state index < -0.39 is 12.2 Å². The van der Waals surface area contributed by atoms with Crippen LogP contribution in [-0.2, 0) is 0 Å². The Kier molecular flexibility index (Phi) is 11.5. The number of nitrogens with zero attached hydrogens (tertiary/aromatic N) is 1. The first-order chi connectivity index (χ1) is 21.4. The summed E-state index contributed by atoms with van der Waals surface area (Å²) in [6.45, 7) is 12.3. The lowest BCUT2D eigenvalue weighted by molar-refractivity contribution is -0.0720. The highest BCUT2D eigenvalue weighted by Crippen LogP contribution is 2.42. The van der Waals surface area contributed by atoms with Gasteiger partial charge in [0.25, 0.3) is 0 Å². The second-order valence-corrected chi connectivity index (χ2v) is 10.8. The van der Waals surface area contributed by atoms with Gasteiger partial charge < -0.3 is 24.9 Å². The van der Waals surface area contributed by atoms with Gasteiger partial charge in [-0.15, -0.1) is 29.6 Å². The Hall–Kier alpha value is -4.67. The Bertz CT molecular complexity index is 1580. The summed E-state index contributed by atoms with van der Waals surface area (Å²) in [4.78, 5) is 44.6. The first-order valence-electron chi connectivity index (χ1n) is 14.6. The maximum absolute atomic E-state index is 14.0. The fraction of sp³-hybridized carbons (Fsp3) is 0.265. The highest BCUT2D eigenvalue weighted by Gasteiger charge is 2.23. The van der Waals surface area contributed by atoms with E-state index in [1.807, 2.05) is 43.2 Å². The Morgan fingerprint density at radius 2 is 1.34 bits per heavy atom. The van der Waals surface area contributed by atoms with E-state index in [0.29, 0.717) is 41.5 Å². The molecule has 1 aliphatic heterocycles. The van der Waals surface area contributed by atoms with Crippen molar-refractivity contribution in [1.29, 1.82) is 0 Å². The lowest BCUT2D eigenvalue weighted by Gasteiger charge is -2.26. The highest BCUT2D eigenvalue weighted by atomic mass is 32.1. The average molecular weight is 616 g/mol. The van der Waals surface area contributed by atoms with Gasteiger partial charge in [0.15, 0.2) is 5.78 Å². The van der Waals surface area contributed by atoms with Gasteiger partial charge in [-0.05, 0) is 99.0 Å². The molecule has 44 heavy (non-hydrogen) atoms. The number of rotatable bonds is 9. The number of piperidine rings is 1. The Labute approximate surface area is 261 Å². The summed E-state index contributed by atoms with van der Waals surface area (Å²) in [5.41, 5.74) is 1.86. The predicted octanol–water partition coefficient (Wildman–Crippen LogP) is 7.60. The number of hydrogen-bond donors (Lipinski definition) is 2. The molecule has 0 bridgehead atoms. The first kappa shape index (κ1) is 32.2. The van der Waals surface area contributed by atoms with Crippen LogP contribution in [0.15, 0.2) is 79.9 Å². The summed E-state index contributed by atoms with van der Waals surface area (Å²) >= 11 is 1.42. The number of ether oxygens (including phenoxy) is 2. The lowest BCUT2D eigenvalue weighted by atomic mass is 9.97. The Balaban J connectivity index is 0.00000216. The first-order valence-corrected chi connectivity index (χ1v) is 15.4. The summed E-state index contributed by atoms with van der Waals surface area (Å²) < 4.78 is 11.5. The van der Waals surface area contributed by atoms with Crippen LogP contribution in [0.3, 0.4) is 0 Å². The normalized spacial score (nSPS) is 12.9. The monoisotopic (exact) mass is 615 g/mol. The Morgan fingerprint density at radius 1 is 0.773 bits per heavy atom. The minimum absolute atomic E-state index is 0.138. The van der Waals surface area contributed by atoms with Crippen molar-refractivity contribution in [3.63, 3.8) is 0 Å². The Morgan fingerprint density at radius 3 is 1.95 bits per heavy atom. The number of hydrogen-bond acceptors (Lipinski definition) is 8. The van der Waals surface area contributed by atoms with Crippen LogP contribution in [0.25, 0.3) is 20.5 Å². The molecule has 9 nitrogen and oxygen atoms in total. The van der Waals surface area contributed by atoms with E-state index in [1.54, 1.807) is 42.5 Å². The molecule has 1 saturated heterocycles. The number of ketones is 1. The van der Waals surface area contributed by atoms with Crippen LogP contribution in [-0.4, -0.2) is 49.2 Å². The third kappa shape index (κ3) is 8.03. The molecule has 5 rings (SSSR count). The lowest BCUT2D eigenvalue weighted by Crippen LogP contribution is -2.32. The molecule has 0 radical (unpaired) electrons. The molecule has 2 heterocycles. The van der Waals surface area contributed by atoms with Crippen LogP contribution in [0, 0.1) is 0 Å². The number of carbonyl (C=O) groups excluding carboxylic acids is 3. The van der Waals surface area contributed by atoms with Gasteiger partial charge >= 0.3 is 12.2 Å². The van der Waals surface area contributed by atoms with Gasteiger partial charge in [-0.25, -0.2) is 9.59 Å². The molecular weight excluding hydrogens is 578 g/mol. The molecule has 0 unspecified atom stereocenters. The van der Waals surface area contributed by atoms with Gasteiger partial charge in [-0.2, -0.15) is 0 Å². The fourth-order valence-corrected chi connectivity index (χ4v) is 5.97. The smallest absolute Gasteiger partial charge is 0.410 e. The fourth-order valence-electron chi connectivity index (χ4n) is 4.74. The maximum atomic E-state index is 14.0. The van der Waals surface area contributed by atoms with E-state index in [9.17, 15) is 14.4 Å². The molecular formula is C34H37N3O6S. The average Bonchev–Trinajstić information content (AvgIpc) is 3.42. The second-order valence-electron chi connectivity index (χ2n) is 9.76. The zero-order valence-electron chi connectivity index (χ0n) is 25.0. The number of amides is 2. The van der Waals surface area contributed by atoms with E-state index in [0.717, 1.165) is 46.5 Å². The maximum Gasteiger partial charge on any atom is 0.412 e. The van der Waals surface area contributed by atoms with Crippen LogP contribution in [0.1, 0.15) is 49.0 Å². The number of nitrogens with one attached hydrogen (secondary N) is 2. The molecule has 4 aromatic rings. The van der Waals surface area contributed by atoms with E-state index in [-0.39, 0.29) is 5.78 Å². The van der Waals surface area contributed by atoms with E-state index in [4.69, 9.17) is 14.3 Å². The number of benzene rings is 3. The molecule has 10 heteroatoms. The third-order valence-corrected chi connectivity index (χ3v) is 7.94. The van der Waals surface area contributed by atoms with Gasteiger partial charge in [0.1, 0.15) is 17.2 Å². The van der Waals surface area contributed by atoms with Crippen molar-refractivity contribution in [2.75, 3.05) is 26.2 Å². The minimum atomic E-state index is -0.542. The summed E-state index contributed by atoms with van der Waals surface area (Å²) in [5, 5.41) is 7.93. The quantitative estimate of drug-likeness (QED) is 0.148. The topological polar surface area (TPSA) is 106 Å². The van der Waals surface area contributed by atoms with Crippen molar-refractivity contribution in [3.05, 3.63) is 91.0 Å². The van der Waals surface area contributed by atoms with Crippen LogP contribution >= 0.6 is 11.3 Å². The van der Waals surface area contributed by atoms with Crippen molar-refractivity contribution in [3.8, 4) is 27.7 Å². The predicted molar refractivity (Wildman–Crippen MR) is 174 cm³/mol. The third-order valence-electron chi connectivity index (χ3n) is 6.73. The zero-order chi connectivity index (χ0) is 31.5. The van der Waals surface area contributed by atoms with Gasteiger partial charge in [0, 0.05) is 52.3 Å². The summed E-state index contributed by atoms with van der Waals surface area (Å²) in [5.74, 6) is 1.32. The van der Waals surface area contributed by atoms with Gasteiger partial charge in [0.05, 0.1) is 0 Å². The summed E-state index contributed by atoms with van der Waals surface area (Å²) in [7, 11) is 0. The van der Waals surface area contributed by atoms with E-state index in [2.05, 4.69) is 23.8 Å². The van der Waals surface area contributed by atoms with Crippen molar-refractivity contribution in [2.24, 2.45) is 0 Å². The molecule has 0 atom stereocenters. The zero-order valence-corrected chi connectivity index (χ0v) is 25.8. The van der Waals surface area contributed by atoms with Gasteiger partial charge in [0.2, 0.25) is 0 Å². The molecule has 1 aromatic heterocycles. The molecule has 230 valence electrons. The van der Waals surface area contributed by atoms with Gasteiger partial charge in [-0.1, -0.05) is 6.42 Å². The molecule has 0 aliphatic carbocycles. The second kappa shape index (κ2) is 15.7. The van der Waals surface area contributed by atoms with Crippen molar-refractivity contribution in [2.45, 2.75) is 33.1 Å². The van der Waals surface area contributed by atoms with Crippen molar-refractivity contribution >= 4 is 39.4 Å². The highest BCUT2D eigenvalue weighted by molar-refractivity contribution is 7.22. The molecule has 0 saturated carbocycles. The number of thiophene rings is 1. The van der Waals surface area contributed by atoms with Crippen LogP contribution < -0.4 is 24.9 Å². The SMILES string of the molecule is C=C.CCNC(=O)Oc1ccc(-c2sc3cc(OC(=O)NCC)ccc3c2C(=O)c2ccc(ON3CCCCC3)cc2)cc1. The standard InChI is InChI=1S/C32H33N3O6S.C2H4/c1-3-33-31(37)39-23-12-10-22(11-13-23)30-28(26-17-16-25(20-27(26)42-30)40-32(38)34-4-2)29(36)21-8-14-24(15-9-21)41-35-18-6-5-7-19-35;1-2/h8-17,20H,3-7,18-19H2,1-2H3,(H,33,37)(H,34,38);1-2H2. The summed E-state index contributed by atoms with van der Waals surface area (Å²) in [6.07, 6.45) is 2.36.